The van der Waals surface area contributed by atoms with Crippen molar-refractivity contribution < 1.29 is 14.6 Å². The van der Waals surface area contributed by atoms with Crippen molar-refractivity contribution in [3.05, 3.63) is 22.8 Å². The number of ether oxygens (including phenoxy) is 1. The highest BCUT2D eigenvalue weighted by atomic mass is 16.5. The summed E-state index contributed by atoms with van der Waals surface area (Å²) in [5.74, 6) is 0.521. The van der Waals surface area contributed by atoms with Crippen LogP contribution in [0.15, 0.2) is 6.07 Å². The Morgan fingerprint density at radius 1 is 1.35 bits per heavy atom. The van der Waals surface area contributed by atoms with Gasteiger partial charge in [0.2, 0.25) is 0 Å². The quantitative estimate of drug-likeness (QED) is 0.868. The smallest absolute Gasteiger partial charge is 0.252 e. The molecule has 0 spiro atoms. The number of anilines is 1. The van der Waals surface area contributed by atoms with Crippen molar-refractivity contribution in [3.8, 4) is 5.75 Å². The Hall–Kier alpha value is -1.55. The Morgan fingerprint density at radius 3 is 2.41 bits per heavy atom. The van der Waals surface area contributed by atoms with Crippen LogP contribution >= 0.6 is 0 Å². The summed E-state index contributed by atoms with van der Waals surface area (Å²) >= 11 is 0. The Kier molecular flexibility index (Phi) is 4.12. The fourth-order valence-corrected chi connectivity index (χ4v) is 1.94. The van der Waals surface area contributed by atoms with Crippen molar-refractivity contribution >= 4 is 11.6 Å². The third-order valence-corrected chi connectivity index (χ3v) is 3.07. The van der Waals surface area contributed by atoms with Crippen LogP contribution in [0, 0.1) is 20.8 Å². The molecule has 0 unspecified atom stereocenters. The number of aliphatic hydroxyl groups excluding tert-OH is 1. The lowest BCUT2D eigenvalue weighted by atomic mass is 10.0. The zero-order chi connectivity index (χ0) is 13.2. The molecule has 0 bridgehead atoms. The van der Waals surface area contributed by atoms with Gasteiger partial charge in [0.15, 0.2) is 0 Å². The van der Waals surface area contributed by atoms with E-state index in [1.807, 2.05) is 26.8 Å². The van der Waals surface area contributed by atoms with E-state index in [0.29, 0.717) is 0 Å². The third-order valence-electron chi connectivity index (χ3n) is 3.07. The Labute approximate surface area is 102 Å². The van der Waals surface area contributed by atoms with E-state index in [4.69, 9.17) is 9.84 Å². The molecule has 0 radical (unpaired) electrons. The average molecular weight is 237 g/mol. The molecule has 1 rings (SSSR count). The van der Waals surface area contributed by atoms with Crippen LogP contribution in [0.5, 0.6) is 5.75 Å². The summed E-state index contributed by atoms with van der Waals surface area (Å²) in [5.41, 5.74) is 3.78. The largest absolute Gasteiger partial charge is 0.496 e. The lowest BCUT2D eigenvalue weighted by Crippen LogP contribution is -2.29. The molecule has 0 fully saturated rings. The molecule has 4 heteroatoms. The normalized spacial score (nSPS) is 10.2. The molecule has 1 aromatic rings. The van der Waals surface area contributed by atoms with Gasteiger partial charge in [0.25, 0.3) is 5.91 Å². The molecule has 17 heavy (non-hydrogen) atoms. The molecule has 0 aliphatic carbocycles. The van der Waals surface area contributed by atoms with Crippen LogP contribution in [0.3, 0.4) is 0 Å². The van der Waals surface area contributed by atoms with Crippen LogP contribution in [0.2, 0.25) is 0 Å². The van der Waals surface area contributed by atoms with Crippen molar-refractivity contribution in [1.29, 1.82) is 0 Å². The van der Waals surface area contributed by atoms with Gasteiger partial charge in [-0.25, -0.2) is 0 Å². The molecular weight excluding hydrogens is 218 g/mol. The number of aliphatic hydroxyl groups is 1. The predicted molar refractivity (Wildman–Crippen MR) is 67.7 cm³/mol. The van der Waals surface area contributed by atoms with Crippen molar-refractivity contribution in [2.75, 3.05) is 25.7 Å². The number of hydrogen-bond donors (Lipinski definition) is 1. The molecule has 0 saturated carbocycles. The summed E-state index contributed by atoms with van der Waals surface area (Å²) in [4.78, 5) is 13.0. The van der Waals surface area contributed by atoms with Crippen LogP contribution < -0.4 is 9.64 Å². The number of methoxy groups -OCH3 is 1. The van der Waals surface area contributed by atoms with Crippen LogP contribution in [-0.4, -0.2) is 31.8 Å². The topological polar surface area (TPSA) is 49.8 Å². The molecule has 4 nitrogen and oxygen atoms in total. The van der Waals surface area contributed by atoms with Gasteiger partial charge >= 0.3 is 0 Å². The Bertz CT molecular complexity index is 441. The van der Waals surface area contributed by atoms with Crippen LogP contribution in [-0.2, 0) is 4.79 Å². The lowest BCUT2D eigenvalue weighted by Gasteiger charge is -2.22. The number of benzene rings is 1. The van der Waals surface area contributed by atoms with Crippen LogP contribution in [0.25, 0.3) is 0 Å². The Balaban J connectivity index is 3.32. The SMILES string of the molecule is COc1c(C)cc(N(C)C(=O)CO)c(C)c1C. The monoisotopic (exact) mass is 237 g/mol. The molecule has 1 aromatic carbocycles. The number of rotatable bonds is 3. The van der Waals surface area contributed by atoms with E-state index in [0.717, 1.165) is 28.1 Å². The van der Waals surface area contributed by atoms with Crippen molar-refractivity contribution in [2.45, 2.75) is 20.8 Å². The van der Waals surface area contributed by atoms with Gasteiger partial charge in [0, 0.05) is 12.7 Å². The van der Waals surface area contributed by atoms with Gasteiger partial charge in [-0.2, -0.15) is 0 Å². The van der Waals surface area contributed by atoms with Crippen LogP contribution in [0.1, 0.15) is 16.7 Å². The molecule has 0 heterocycles. The summed E-state index contributed by atoms with van der Waals surface area (Å²) in [6.45, 7) is 5.35. The zero-order valence-corrected chi connectivity index (χ0v) is 11.0. The molecular formula is C13H19NO3. The number of nitrogens with zero attached hydrogens (tertiary/aromatic N) is 1. The highest BCUT2D eigenvalue weighted by Gasteiger charge is 2.16. The summed E-state index contributed by atoms with van der Waals surface area (Å²) in [7, 11) is 3.29. The predicted octanol–water partition coefficient (Wildman–Crippen LogP) is 1.58. The standard InChI is InChI=1S/C13H19NO3/c1-8-6-11(14(4)12(16)7-15)9(2)10(3)13(8)17-5/h6,15H,7H2,1-5H3. The Morgan fingerprint density at radius 2 is 1.94 bits per heavy atom. The van der Waals surface area contributed by atoms with E-state index in [-0.39, 0.29) is 5.91 Å². The van der Waals surface area contributed by atoms with E-state index in [1.165, 1.54) is 4.90 Å². The van der Waals surface area contributed by atoms with Gasteiger partial charge < -0.3 is 14.7 Å². The van der Waals surface area contributed by atoms with E-state index < -0.39 is 6.61 Å². The van der Waals surface area contributed by atoms with Gasteiger partial charge in [-0.1, -0.05) is 0 Å². The maximum Gasteiger partial charge on any atom is 0.252 e. The van der Waals surface area contributed by atoms with Gasteiger partial charge in [0.1, 0.15) is 12.4 Å². The second-order valence-corrected chi connectivity index (χ2v) is 4.11. The summed E-state index contributed by atoms with van der Waals surface area (Å²) in [6.07, 6.45) is 0. The maximum atomic E-state index is 11.5. The molecule has 0 aliphatic heterocycles. The second kappa shape index (κ2) is 5.19. The van der Waals surface area contributed by atoms with Gasteiger partial charge in [-0.3, -0.25) is 4.79 Å². The van der Waals surface area contributed by atoms with Crippen molar-refractivity contribution in [1.82, 2.24) is 0 Å². The first kappa shape index (κ1) is 13.5. The van der Waals surface area contributed by atoms with E-state index in [1.54, 1.807) is 14.2 Å². The number of amides is 1. The van der Waals surface area contributed by atoms with Crippen molar-refractivity contribution in [2.24, 2.45) is 0 Å². The van der Waals surface area contributed by atoms with Crippen molar-refractivity contribution in [3.63, 3.8) is 0 Å². The highest BCUT2D eigenvalue weighted by Crippen LogP contribution is 2.32. The molecule has 94 valence electrons. The minimum atomic E-state index is -0.486. The summed E-state index contributed by atoms with van der Waals surface area (Å²) in [6, 6.07) is 1.90. The van der Waals surface area contributed by atoms with E-state index in [9.17, 15) is 4.79 Å². The molecule has 0 atom stereocenters. The fraction of sp³-hybridized carbons (Fsp3) is 0.462. The molecule has 1 amide bonds. The number of likely N-dealkylation sites (N-methyl/N-ethyl adjacent to an activating group) is 1. The minimum absolute atomic E-state index is 0.322. The zero-order valence-electron chi connectivity index (χ0n) is 11.0. The first-order chi connectivity index (χ1) is 7.93. The van der Waals surface area contributed by atoms with E-state index in [2.05, 4.69) is 0 Å². The average Bonchev–Trinajstić information content (AvgIpc) is 2.32. The number of carbonyl (C=O) groups excluding carboxylic acids is 1. The second-order valence-electron chi connectivity index (χ2n) is 4.11. The minimum Gasteiger partial charge on any atom is -0.496 e. The molecule has 0 aromatic heterocycles. The molecule has 1 N–H and O–H groups in total. The third kappa shape index (κ3) is 2.42. The van der Waals surface area contributed by atoms with E-state index >= 15 is 0 Å². The summed E-state index contributed by atoms with van der Waals surface area (Å²) < 4.78 is 5.33. The maximum absolute atomic E-state index is 11.5. The van der Waals surface area contributed by atoms with Gasteiger partial charge in [0.05, 0.1) is 7.11 Å². The molecule has 0 aliphatic rings. The first-order valence-corrected chi connectivity index (χ1v) is 5.46. The number of hydrogen-bond acceptors (Lipinski definition) is 3. The highest BCUT2D eigenvalue weighted by molar-refractivity contribution is 5.94. The lowest BCUT2D eigenvalue weighted by molar-refractivity contribution is -0.120. The summed E-state index contributed by atoms with van der Waals surface area (Å²) in [5, 5.41) is 8.88. The van der Waals surface area contributed by atoms with Gasteiger partial charge in [-0.15, -0.1) is 0 Å². The molecule has 0 saturated heterocycles. The van der Waals surface area contributed by atoms with Gasteiger partial charge in [-0.05, 0) is 43.5 Å². The number of carbonyl (C=O) groups is 1. The van der Waals surface area contributed by atoms with Crippen LogP contribution in [0.4, 0.5) is 5.69 Å². The first-order valence-electron chi connectivity index (χ1n) is 5.46. The number of aryl methyl sites for hydroxylation is 1. The fourth-order valence-electron chi connectivity index (χ4n) is 1.94.